The van der Waals surface area contributed by atoms with Gasteiger partial charge in [-0.15, -0.1) is 0 Å². The summed E-state index contributed by atoms with van der Waals surface area (Å²) >= 11 is 5.88. The van der Waals surface area contributed by atoms with Crippen LogP contribution in [0.4, 0.5) is 0 Å². The van der Waals surface area contributed by atoms with Crippen LogP contribution in [0.5, 0.6) is 0 Å². The van der Waals surface area contributed by atoms with Crippen molar-refractivity contribution in [1.29, 1.82) is 5.26 Å². The van der Waals surface area contributed by atoms with Crippen LogP contribution in [0.3, 0.4) is 0 Å². The molecule has 0 spiro atoms. The van der Waals surface area contributed by atoms with Gasteiger partial charge in [0.2, 0.25) is 0 Å². The fraction of sp³-hybridized carbons (Fsp3) is 0.417. The summed E-state index contributed by atoms with van der Waals surface area (Å²) in [5, 5.41) is 12.9. The number of nitriles is 1. The second-order valence-electron chi connectivity index (χ2n) is 3.93. The van der Waals surface area contributed by atoms with Crippen LogP contribution >= 0.6 is 11.6 Å². The Labute approximate surface area is 94.9 Å². The maximum Gasteiger partial charge on any atom is 0.0672 e. The third-order valence-electron chi connectivity index (χ3n) is 2.90. The second kappa shape index (κ2) is 4.65. The number of hydrogen-bond donors (Lipinski definition) is 1. The quantitative estimate of drug-likeness (QED) is 0.850. The standard InChI is InChI=1S/C12H13ClN2/c13-11-3-1-2-9(6-11)8-15-12-5-4-10(12)7-14/h1-3,6,10,12,15H,4-5,8H2. The molecule has 1 aliphatic rings. The maximum atomic E-state index is 8.79. The predicted molar refractivity (Wildman–Crippen MR) is 60.4 cm³/mol. The lowest BCUT2D eigenvalue weighted by Crippen LogP contribution is -2.42. The summed E-state index contributed by atoms with van der Waals surface area (Å²) in [6.45, 7) is 0.795. The number of halogens is 1. The molecule has 1 N–H and O–H groups in total. The topological polar surface area (TPSA) is 35.8 Å². The summed E-state index contributed by atoms with van der Waals surface area (Å²) < 4.78 is 0. The molecule has 1 aliphatic carbocycles. The Morgan fingerprint density at radius 2 is 2.33 bits per heavy atom. The van der Waals surface area contributed by atoms with Gasteiger partial charge in [-0.3, -0.25) is 0 Å². The van der Waals surface area contributed by atoms with Gasteiger partial charge >= 0.3 is 0 Å². The largest absolute Gasteiger partial charge is 0.309 e. The van der Waals surface area contributed by atoms with Gasteiger partial charge in [0.1, 0.15) is 0 Å². The lowest BCUT2D eigenvalue weighted by molar-refractivity contribution is 0.264. The highest BCUT2D eigenvalue weighted by molar-refractivity contribution is 6.30. The van der Waals surface area contributed by atoms with E-state index in [9.17, 15) is 0 Å². The molecule has 2 rings (SSSR count). The molecule has 0 aromatic heterocycles. The Morgan fingerprint density at radius 3 is 2.93 bits per heavy atom. The Hall–Kier alpha value is -1.04. The number of nitrogens with zero attached hydrogens (tertiary/aromatic N) is 1. The molecule has 1 saturated carbocycles. The smallest absolute Gasteiger partial charge is 0.0672 e. The Kier molecular flexibility index (Phi) is 3.25. The van der Waals surface area contributed by atoms with Crippen LogP contribution < -0.4 is 5.32 Å². The molecule has 0 bridgehead atoms. The summed E-state index contributed by atoms with van der Waals surface area (Å²) in [4.78, 5) is 0. The van der Waals surface area contributed by atoms with Crippen LogP contribution in [-0.4, -0.2) is 6.04 Å². The van der Waals surface area contributed by atoms with Crippen molar-refractivity contribution in [2.24, 2.45) is 5.92 Å². The molecule has 78 valence electrons. The minimum Gasteiger partial charge on any atom is -0.309 e. The molecule has 2 atom stereocenters. The van der Waals surface area contributed by atoms with Gasteiger partial charge < -0.3 is 5.32 Å². The Bertz CT molecular complexity index is 383. The molecule has 3 heteroatoms. The molecule has 15 heavy (non-hydrogen) atoms. The van der Waals surface area contributed by atoms with E-state index in [0.29, 0.717) is 6.04 Å². The van der Waals surface area contributed by atoms with E-state index in [-0.39, 0.29) is 5.92 Å². The molecule has 1 aromatic carbocycles. The SMILES string of the molecule is N#CC1CCC1NCc1cccc(Cl)c1. The van der Waals surface area contributed by atoms with Crippen molar-refractivity contribution < 1.29 is 0 Å². The number of benzene rings is 1. The van der Waals surface area contributed by atoms with Crippen molar-refractivity contribution in [3.63, 3.8) is 0 Å². The van der Waals surface area contributed by atoms with Gasteiger partial charge in [0, 0.05) is 17.6 Å². The average Bonchev–Trinajstić information content (AvgIpc) is 2.17. The number of rotatable bonds is 3. The molecule has 0 heterocycles. The molecule has 0 amide bonds. The van der Waals surface area contributed by atoms with Crippen molar-refractivity contribution in [2.45, 2.75) is 25.4 Å². The van der Waals surface area contributed by atoms with Gasteiger partial charge in [-0.1, -0.05) is 23.7 Å². The fourth-order valence-electron chi connectivity index (χ4n) is 1.79. The van der Waals surface area contributed by atoms with E-state index >= 15 is 0 Å². The molecule has 0 aliphatic heterocycles. The molecule has 2 nitrogen and oxygen atoms in total. The highest BCUT2D eigenvalue weighted by Crippen LogP contribution is 2.26. The Balaban J connectivity index is 1.86. The van der Waals surface area contributed by atoms with Gasteiger partial charge in [0.15, 0.2) is 0 Å². The minimum absolute atomic E-state index is 0.198. The molecule has 0 radical (unpaired) electrons. The first-order valence-electron chi connectivity index (χ1n) is 5.17. The molecule has 2 unspecified atom stereocenters. The van der Waals surface area contributed by atoms with E-state index in [4.69, 9.17) is 16.9 Å². The third kappa shape index (κ3) is 2.50. The molecule has 0 saturated heterocycles. The number of nitrogens with one attached hydrogen (secondary N) is 1. The van der Waals surface area contributed by atoms with Gasteiger partial charge in [-0.05, 0) is 30.5 Å². The highest BCUT2D eigenvalue weighted by Gasteiger charge is 2.29. The highest BCUT2D eigenvalue weighted by atomic mass is 35.5. The maximum absolute atomic E-state index is 8.79. The summed E-state index contributed by atoms with van der Waals surface area (Å²) in [6.07, 6.45) is 2.14. The summed E-state index contributed by atoms with van der Waals surface area (Å²) in [5.41, 5.74) is 1.17. The van der Waals surface area contributed by atoms with E-state index in [1.165, 1.54) is 5.56 Å². The zero-order valence-corrected chi connectivity index (χ0v) is 9.17. The van der Waals surface area contributed by atoms with Crippen LogP contribution in [0.1, 0.15) is 18.4 Å². The van der Waals surface area contributed by atoms with Crippen molar-refractivity contribution in [3.05, 3.63) is 34.9 Å². The summed E-state index contributed by atoms with van der Waals surface area (Å²) in [5.74, 6) is 0.198. The van der Waals surface area contributed by atoms with Gasteiger partial charge in [0.25, 0.3) is 0 Å². The van der Waals surface area contributed by atoms with Gasteiger partial charge in [-0.25, -0.2) is 0 Å². The first-order valence-corrected chi connectivity index (χ1v) is 5.55. The zero-order valence-electron chi connectivity index (χ0n) is 8.41. The normalized spacial score (nSPS) is 24.3. The first-order chi connectivity index (χ1) is 7.29. The molecule has 1 aromatic rings. The van der Waals surface area contributed by atoms with Gasteiger partial charge in [-0.2, -0.15) is 5.26 Å². The Morgan fingerprint density at radius 1 is 1.47 bits per heavy atom. The van der Waals surface area contributed by atoms with E-state index < -0.39 is 0 Å². The van der Waals surface area contributed by atoms with Gasteiger partial charge in [0.05, 0.1) is 12.0 Å². The third-order valence-corrected chi connectivity index (χ3v) is 3.13. The molecule has 1 fully saturated rings. The fourth-order valence-corrected chi connectivity index (χ4v) is 2.01. The van der Waals surface area contributed by atoms with Crippen molar-refractivity contribution in [1.82, 2.24) is 5.32 Å². The summed E-state index contributed by atoms with van der Waals surface area (Å²) in [7, 11) is 0. The first kappa shape index (κ1) is 10.5. The van der Waals surface area contributed by atoms with Crippen LogP contribution in [0, 0.1) is 17.2 Å². The van der Waals surface area contributed by atoms with E-state index in [1.807, 2.05) is 24.3 Å². The van der Waals surface area contributed by atoms with E-state index in [0.717, 1.165) is 24.4 Å². The lowest BCUT2D eigenvalue weighted by Gasteiger charge is -2.32. The van der Waals surface area contributed by atoms with E-state index in [2.05, 4.69) is 11.4 Å². The van der Waals surface area contributed by atoms with Crippen molar-refractivity contribution in [2.75, 3.05) is 0 Å². The number of hydrogen-bond acceptors (Lipinski definition) is 2. The van der Waals surface area contributed by atoms with Crippen molar-refractivity contribution in [3.8, 4) is 6.07 Å². The second-order valence-corrected chi connectivity index (χ2v) is 4.37. The molecular formula is C12H13ClN2. The summed E-state index contributed by atoms with van der Waals surface area (Å²) in [6, 6.07) is 10.5. The average molecular weight is 221 g/mol. The minimum atomic E-state index is 0.198. The van der Waals surface area contributed by atoms with Crippen LogP contribution in [-0.2, 0) is 6.54 Å². The molecular weight excluding hydrogens is 208 g/mol. The monoisotopic (exact) mass is 220 g/mol. The van der Waals surface area contributed by atoms with Crippen molar-refractivity contribution >= 4 is 11.6 Å². The van der Waals surface area contributed by atoms with E-state index in [1.54, 1.807) is 0 Å². The van der Waals surface area contributed by atoms with Crippen LogP contribution in [0.2, 0.25) is 5.02 Å². The predicted octanol–water partition coefficient (Wildman–Crippen LogP) is 2.73. The van der Waals surface area contributed by atoms with Crippen LogP contribution in [0.15, 0.2) is 24.3 Å². The zero-order chi connectivity index (χ0) is 10.7. The van der Waals surface area contributed by atoms with Crippen LogP contribution in [0.25, 0.3) is 0 Å². The lowest BCUT2D eigenvalue weighted by atomic mass is 9.80.